The SMILES string of the molecule is O=C(O)c1ccc(NC(=O)c2cc(F)ccc2NOc2ccccc2)cc1. The van der Waals surface area contributed by atoms with Crippen LogP contribution in [0.4, 0.5) is 15.8 Å². The Labute approximate surface area is 154 Å². The van der Waals surface area contributed by atoms with Crippen molar-refractivity contribution in [1.29, 1.82) is 0 Å². The molecule has 7 heteroatoms. The molecule has 3 aromatic carbocycles. The molecule has 3 aromatic rings. The minimum atomic E-state index is -1.07. The maximum atomic E-state index is 13.6. The molecule has 1 amide bonds. The van der Waals surface area contributed by atoms with Gasteiger partial charge < -0.3 is 15.3 Å². The summed E-state index contributed by atoms with van der Waals surface area (Å²) in [6.45, 7) is 0. The number of para-hydroxylation sites is 1. The second kappa shape index (κ2) is 8.01. The maximum Gasteiger partial charge on any atom is 0.335 e. The molecule has 0 atom stereocenters. The van der Waals surface area contributed by atoms with Gasteiger partial charge in [0, 0.05) is 5.69 Å². The highest BCUT2D eigenvalue weighted by Crippen LogP contribution is 2.20. The zero-order valence-corrected chi connectivity index (χ0v) is 14.0. The van der Waals surface area contributed by atoms with Crippen molar-refractivity contribution in [3.05, 3.63) is 89.7 Å². The summed E-state index contributed by atoms with van der Waals surface area (Å²) in [7, 11) is 0. The summed E-state index contributed by atoms with van der Waals surface area (Å²) in [5.41, 5.74) is 3.43. The van der Waals surface area contributed by atoms with Crippen LogP contribution < -0.4 is 15.6 Å². The van der Waals surface area contributed by atoms with E-state index in [1.54, 1.807) is 24.3 Å². The van der Waals surface area contributed by atoms with Crippen LogP contribution in [-0.2, 0) is 0 Å². The van der Waals surface area contributed by atoms with Crippen molar-refractivity contribution in [3.63, 3.8) is 0 Å². The van der Waals surface area contributed by atoms with E-state index in [0.29, 0.717) is 11.4 Å². The number of nitrogens with one attached hydrogen (secondary N) is 2. The van der Waals surface area contributed by atoms with Gasteiger partial charge >= 0.3 is 5.97 Å². The fraction of sp³-hybridized carbons (Fsp3) is 0. The normalized spacial score (nSPS) is 10.1. The highest BCUT2D eigenvalue weighted by atomic mass is 19.1. The van der Waals surface area contributed by atoms with E-state index in [-0.39, 0.29) is 16.8 Å². The Kier molecular flexibility index (Phi) is 5.32. The van der Waals surface area contributed by atoms with Crippen LogP contribution in [0.1, 0.15) is 20.7 Å². The average molecular weight is 366 g/mol. The van der Waals surface area contributed by atoms with Gasteiger partial charge in [-0.25, -0.2) is 14.7 Å². The van der Waals surface area contributed by atoms with Gasteiger partial charge in [-0.3, -0.25) is 4.79 Å². The lowest BCUT2D eigenvalue weighted by Crippen LogP contribution is -2.16. The molecule has 27 heavy (non-hydrogen) atoms. The molecule has 0 spiro atoms. The lowest BCUT2D eigenvalue weighted by molar-refractivity contribution is 0.0696. The van der Waals surface area contributed by atoms with Crippen LogP contribution in [0.2, 0.25) is 0 Å². The predicted molar refractivity (Wildman–Crippen MR) is 98.4 cm³/mol. The molecule has 0 aliphatic heterocycles. The average Bonchev–Trinajstić information content (AvgIpc) is 2.68. The third-order valence-corrected chi connectivity index (χ3v) is 3.64. The molecule has 3 rings (SSSR count). The number of carbonyl (C=O) groups is 2. The minimum absolute atomic E-state index is 0.0354. The zero-order chi connectivity index (χ0) is 19.2. The van der Waals surface area contributed by atoms with Crippen LogP contribution in [0.3, 0.4) is 0 Å². The molecular weight excluding hydrogens is 351 g/mol. The van der Waals surface area contributed by atoms with E-state index < -0.39 is 17.7 Å². The molecule has 0 saturated heterocycles. The van der Waals surface area contributed by atoms with Crippen molar-refractivity contribution in [2.45, 2.75) is 0 Å². The van der Waals surface area contributed by atoms with Crippen LogP contribution >= 0.6 is 0 Å². The first kappa shape index (κ1) is 17.9. The Balaban J connectivity index is 1.76. The van der Waals surface area contributed by atoms with E-state index in [1.807, 2.05) is 6.07 Å². The summed E-state index contributed by atoms with van der Waals surface area (Å²) in [6, 6.07) is 18.2. The fourth-order valence-corrected chi connectivity index (χ4v) is 2.29. The number of amides is 1. The second-order valence-corrected chi connectivity index (χ2v) is 5.54. The van der Waals surface area contributed by atoms with E-state index in [1.165, 1.54) is 36.4 Å². The number of halogens is 1. The van der Waals surface area contributed by atoms with Crippen molar-refractivity contribution in [1.82, 2.24) is 0 Å². The lowest BCUT2D eigenvalue weighted by atomic mass is 10.1. The number of carboxylic acids is 1. The molecule has 3 N–H and O–H groups in total. The Morgan fingerprint density at radius 2 is 1.63 bits per heavy atom. The summed E-state index contributed by atoms with van der Waals surface area (Å²) in [4.78, 5) is 28.8. The smallest absolute Gasteiger partial charge is 0.335 e. The van der Waals surface area contributed by atoms with E-state index in [4.69, 9.17) is 9.94 Å². The first-order chi connectivity index (χ1) is 13.0. The molecular formula is C20H15FN2O4. The highest BCUT2D eigenvalue weighted by molar-refractivity contribution is 6.08. The molecule has 0 radical (unpaired) electrons. The zero-order valence-electron chi connectivity index (χ0n) is 14.0. The first-order valence-corrected chi connectivity index (χ1v) is 7.95. The van der Waals surface area contributed by atoms with Crippen LogP contribution in [0.5, 0.6) is 5.75 Å². The van der Waals surface area contributed by atoms with Crippen molar-refractivity contribution in [2.24, 2.45) is 0 Å². The largest absolute Gasteiger partial charge is 0.478 e. The molecule has 136 valence electrons. The van der Waals surface area contributed by atoms with Gasteiger partial charge in [-0.1, -0.05) is 18.2 Å². The molecule has 0 heterocycles. The van der Waals surface area contributed by atoms with Crippen molar-refractivity contribution in [3.8, 4) is 5.75 Å². The van der Waals surface area contributed by atoms with Gasteiger partial charge in [0.1, 0.15) is 5.82 Å². The van der Waals surface area contributed by atoms with Crippen molar-refractivity contribution >= 4 is 23.3 Å². The Hall–Kier alpha value is -3.87. The second-order valence-electron chi connectivity index (χ2n) is 5.54. The van der Waals surface area contributed by atoms with Crippen LogP contribution in [0.15, 0.2) is 72.8 Å². The monoisotopic (exact) mass is 366 g/mol. The Morgan fingerprint density at radius 3 is 2.30 bits per heavy atom. The maximum absolute atomic E-state index is 13.6. The Morgan fingerprint density at radius 1 is 0.926 bits per heavy atom. The summed E-state index contributed by atoms with van der Waals surface area (Å²) >= 11 is 0. The number of benzene rings is 3. The van der Waals surface area contributed by atoms with E-state index in [2.05, 4.69) is 10.8 Å². The minimum Gasteiger partial charge on any atom is -0.478 e. The van der Waals surface area contributed by atoms with E-state index in [9.17, 15) is 14.0 Å². The van der Waals surface area contributed by atoms with Crippen LogP contribution in [0, 0.1) is 5.82 Å². The van der Waals surface area contributed by atoms with Crippen molar-refractivity contribution < 1.29 is 23.9 Å². The molecule has 0 aliphatic rings. The fourth-order valence-electron chi connectivity index (χ4n) is 2.29. The molecule has 0 saturated carbocycles. The summed E-state index contributed by atoms with van der Waals surface area (Å²) in [6.07, 6.45) is 0. The van der Waals surface area contributed by atoms with Gasteiger partial charge in [-0.15, -0.1) is 0 Å². The molecule has 0 unspecified atom stereocenters. The quantitative estimate of drug-likeness (QED) is 0.570. The summed E-state index contributed by atoms with van der Waals surface area (Å²) in [5.74, 6) is -1.69. The van der Waals surface area contributed by atoms with Gasteiger partial charge in [0.05, 0.1) is 16.8 Å². The summed E-state index contributed by atoms with van der Waals surface area (Å²) < 4.78 is 13.6. The van der Waals surface area contributed by atoms with Gasteiger partial charge in [-0.05, 0) is 54.6 Å². The Bertz CT molecular complexity index is 959. The predicted octanol–water partition coefficient (Wildman–Crippen LogP) is 4.18. The van der Waals surface area contributed by atoms with Gasteiger partial charge in [0.2, 0.25) is 0 Å². The molecule has 0 fully saturated rings. The lowest BCUT2D eigenvalue weighted by Gasteiger charge is -2.13. The van der Waals surface area contributed by atoms with Crippen LogP contribution in [0.25, 0.3) is 0 Å². The number of hydrogen-bond acceptors (Lipinski definition) is 4. The van der Waals surface area contributed by atoms with Crippen LogP contribution in [-0.4, -0.2) is 17.0 Å². The number of carbonyl (C=O) groups excluding carboxylic acids is 1. The third-order valence-electron chi connectivity index (χ3n) is 3.64. The van der Waals surface area contributed by atoms with Gasteiger partial charge in [0.25, 0.3) is 5.91 Å². The van der Waals surface area contributed by atoms with E-state index >= 15 is 0 Å². The summed E-state index contributed by atoms with van der Waals surface area (Å²) in [5, 5.41) is 11.5. The van der Waals surface area contributed by atoms with Crippen molar-refractivity contribution in [2.75, 3.05) is 10.8 Å². The molecule has 0 bridgehead atoms. The van der Waals surface area contributed by atoms with E-state index in [0.717, 1.165) is 6.07 Å². The number of carboxylic acid groups (broad SMARTS) is 1. The molecule has 0 aliphatic carbocycles. The molecule has 6 nitrogen and oxygen atoms in total. The number of hydrogen-bond donors (Lipinski definition) is 3. The number of aromatic carboxylic acids is 1. The van der Waals surface area contributed by atoms with Gasteiger partial charge in [0.15, 0.2) is 5.75 Å². The molecule has 0 aromatic heterocycles. The number of rotatable bonds is 6. The number of anilines is 2. The first-order valence-electron chi connectivity index (χ1n) is 7.95. The highest BCUT2D eigenvalue weighted by Gasteiger charge is 2.14. The standard InChI is InChI=1S/C20H15FN2O4/c21-14-8-11-18(23-27-16-4-2-1-3-5-16)17(12-14)19(24)22-15-9-6-13(7-10-15)20(25)26/h1-12,23H,(H,22,24)(H,25,26). The topological polar surface area (TPSA) is 87.7 Å². The third kappa shape index (κ3) is 4.60. The van der Waals surface area contributed by atoms with Gasteiger partial charge in [-0.2, -0.15) is 0 Å².